The molecule has 2 heterocycles. The maximum Gasteiger partial charge on any atom is 0.124 e. The molecular weight excluding hydrogens is 224 g/mol. The van der Waals surface area contributed by atoms with Gasteiger partial charge in [-0.15, -0.1) is 0 Å². The minimum atomic E-state index is 0.565. The van der Waals surface area contributed by atoms with Crippen LogP contribution >= 0.6 is 0 Å². The molecule has 3 rings (SSSR count). The van der Waals surface area contributed by atoms with Crippen molar-refractivity contribution in [3.63, 3.8) is 0 Å². The molecule has 18 heavy (non-hydrogen) atoms. The van der Waals surface area contributed by atoms with Crippen LogP contribution in [0.3, 0.4) is 0 Å². The van der Waals surface area contributed by atoms with E-state index in [1.54, 1.807) is 23.0 Å². The summed E-state index contributed by atoms with van der Waals surface area (Å²) in [5, 5.41) is 11.0. The van der Waals surface area contributed by atoms with E-state index in [1.165, 1.54) is 0 Å². The van der Waals surface area contributed by atoms with Crippen LogP contribution in [0.4, 0.5) is 5.69 Å². The van der Waals surface area contributed by atoms with E-state index in [0.29, 0.717) is 11.4 Å². The number of nitrogens with two attached hydrogens (primary N) is 1. The van der Waals surface area contributed by atoms with Gasteiger partial charge in [0.05, 0.1) is 11.4 Å². The topological polar surface area (TPSA) is 67.6 Å². The van der Waals surface area contributed by atoms with Gasteiger partial charge >= 0.3 is 0 Å². The molecule has 4 nitrogen and oxygen atoms in total. The van der Waals surface area contributed by atoms with E-state index in [9.17, 15) is 0 Å². The normalized spacial score (nSPS) is 10.4. The van der Waals surface area contributed by atoms with E-state index in [2.05, 4.69) is 11.1 Å². The summed E-state index contributed by atoms with van der Waals surface area (Å²) < 4.78 is 1.79. The molecular formula is C14H10N4. The summed E-state index contributed by atoms with van der Waals surface area (Å²) >= 11 is 0. The van der Waals surface area contributed by atoms with Gasteiger partial charge in [-0.25, -0.2) is 0 Å². The Morgan fingerprint density at radius 3 is 2.94 bits per heavy atom. The Kier molecular flexibility index (Phi) is 2.24. The molecule has 0 fully saturated rings. The summed E-state index contributed by atoms with van der Waals surface area (Å²) in [7, 11) is 0. The van der Waals surface area contributed by atoms with Crippen LogP contribution in [0.1, 0.15) is 5.69 Å². The number of hydrogen-bond acceptors (Lipinski definition) is 3. The number of benzene rings is 1. The molecule has 0 spiro atoms. The van der Waals surface area contributed by atoms with Gasteiger partial charge < -0.3 is 10.3 Å². The molecule has 0 saturated heterocycles. The molecule has 0 radical (unpaired) electrons. The van der Waals surface area contributed by atoms with Gasteiger partial charge in [0.15, 0.2) is 0 Å². The third-order valence-electron chi connectivity index (χ3n) is 2.96. The van der Waals surface area contributed by atoms with Crippen molar-refractivity contribution in [3.8, 4) is 11.8 Å². The Morgan fingerprint density at radius 2 is 2.11 bits per heavy atom. The first-order valence-corrected chi connectivity index (χ1v) is 5.51. The second-order valence-electron chi connectivity index (χ2n) is 3.97. The molecule has 86 valence electrons. The number of nitriles is 1. The average Bonchev–Trinajstić information content (AvgIpc) is 2.88. The minimum Gasteiger partial charge on any atom is -0.397 e. The molecule has 0 saturated carbocycles. The first-order valence-electron chi connectivity index (χ1n) is 5.51. The summed E-state index contributed by atoms with van der Waals surface area (Å²) in [6, 6.07) is 11.5. The molecule has 2 aromatic heterocycles. The zero-order valence-corrected chi connectivity index (χ0v) is 9.54. The molecule has 3 aromatic rings. The number of nitrogens with zero attached hydrogens (tertiary/aromatic N) is 3. The van der Waals surface area contributed by atoms with Gasteiger partial charge in [-0.3, -0.25) is 4.98 Å². The molecule has 0 aliphatic rings. The maximum absolute atomic E-state index is 9.05. The quantitative estimate of drug-likeness (QED) is 0.658. The summed E-state index contributed by atoms with van der Waals surface area (Å²) in [5.74, 6) is 0. The molecule has 0 unspecified atom stereocenters. The van der Waals surface area contributed by atoms with Crippen molar-refractivity contribution < 1.29 is 0 Å². The largest absolute Gasteiger partial charge is 0.397 e. The lowest BCUT2D eigenvalue weighted by Gasteiger charge is -2.10. The lowest BCUT2D eigenvalue weighted by atomic mass is 10.1. The van der Waals surface area contributed by atoms with Gasteiger partial charge in [0.1, 0.15) is 11.8 Å². The Labute approximate surface area is 104 Å². The first-order chi connectivity index (χ1) is 8.81. The van der Waals surface area contributed by atoms with Crippen LogP contribution in [-0.2, 0) is 0 Å². The highest BCUT2D eigenvalue weighted by Gasteiger charge is 2.08. The molecule has 1 aromatic carbocycles. The fourth-order valence-corrected chi connectivity index (χ4v) is 2.07. The minimum absolute atomic E-state index is 0.565. The molecule has 0 bridgehead atoms. The van der Waals surface area contributed by atoms with E-state index in [1.807, 2.05) is 30.5 Å². The second-order valence-corrected chi connectivity index (χ2v) is 3.97. The van der Waals surface area contributed by atoms with Crippen LogP contribution in [0.2, 0.25) is 0 Å². The van der Waals surface area contributed by atoms with Crippen LogP contribution in [0.5, 0.6) is 0 Å². The van der Waals surface area contributed by atoms with Crippen molar-refractivity contribution in [2.24, 2.45) is 0 Å². The predicted octanol–water partition coefficient (Wildman–Crippen LogP) is 2.48. The number of pyridine rings is 1. The van der Waals surface area contributed by atoms with E-state index >= 15 is 0 Å². The van der Waals surface area contributed by atoms with E-state index in [4.69, 9.17) is 11.0 Å². The van der Waals surface area contributed by atoms with E-state index in [0.717, 1.165) is 16.5 Å². The Morgan fingerprint density at radius 1 is 1.22 bits per heavy atom. The van der Waals surface area contributed by atoms with Crippen LogP contribution in [0.15, 0.2) is 48.9 Å². The second kappa shape index (κ2) is 3.90. The van der Waals surface area contributed by atoms with Crippen molar-refractivity contribution in [2.45, 2.75) is 0 Å². The molecule has 0 atom stereocenters. The Hall–Kier alpha value is -2.80. The Balaban J connectivity index is 2.32. The molecule has 2 N–H and O–H groups in total. The number of fused-ring (bicyclic) bond motifs is 1. The number of aromatic nitrogens is 2. The van der Waals surface area contributed by atoms with Gasteiger partial charge in [-0.2, -0.15) is 5.26 Å². The number of anilines is 1. The monoisotopic (exact) mass is 234 g/mol. The van der Waals surface area contributed by atoms with E-state index < -0.39 is 0 Å². The fraction of sp³-hybridized carbons (Fsp3) is 0. The highest BCUT2D eigenvalue weighted by atomic mass is 15.0. The zero-order chi connectivity index (χ0) is 12.5. The van der Waals surface area contributed by atoms with Crippen LogP contribution < -0.4 is 5.73 Å². The van der Waals surface area contributed by atoms with Gasteiger partial charge in [-0.05, 0) is 24.3 Å². The number of nitrogen functional groups attached to an aromatic ring is 1. The number of rotatable bonds is 1. The highest BCUT2D eigenvalue weighted by molar-refractivity contribution is 5.96. The standard InChI is InChI=1S/C14H10N4/c15-8-11-2-1-7-18(11)13-4-3-10-9-17-6-5-12(10)14(13)16/h1-7,9H,16H2. The molecule has 0 aliphatic heterocycles. The van der Waals surface area contributed by atoms with Crippen molar-refractivity contribution in [3.05, 3.63) is 54.6 Å². The maximum atomic E-state index is 9.05. The fourth-order valence-electron chi connectivity index (χ4n) is 2.07. The van der Waals surface area contributed by atoms with Crippen molar-refractivity contribution in [2.75, 3.05) is 5.73 Å². The van der Waals surface area contributed by atoms with Gasteiger partial charge in [0.25, 0.3) is 0 Å². The van der Waals surface area contributed by atoms with Gasteiger partial charge in [0.2, 0.25) is 0 Å². The molecule has 4 heteroatoms. The van der Waals surface area contributed by atoms with Crippen molar-refractivity contribution in [1.29, 1.82) is 5.26 Å². The van der Waals surface area contributed by atoms with Crippen LogP contribution in [0.25, 0.3) is 16.5 Å². The average molecular weight is 234 g/mol. The van der Waals surface area contributed by atoms with Gasteiger partial charge in [0, 0.05) is 29.4 Å². The summed E-state index contributed by atoms with van der Waals surface area (Å²) in [4.78, 5) is 4.07. The SMILES string of the molecule is N#Cc1cccn1-c1ccc2cnccc2c1N. The molecule has 0 aliphatic carbocycles. The zero-order valence-electron chi connectivity index (χ0n) is 9.54. The van der Waals surface area contributed by atoms with Crippen molar-refractivity contribution >= 4 is 16.5 Å². The smallest absolute Gasteiger partial charge is 0.124 e. The van der Waals surface area contributed by atoms with E-state index in [-0.39, 0.29) is 0 Å². The van der Waals surface area contributed by atoms with Crippen LogP contribution in [-0.4, -0.2) is 9.55 Å². The summed E-state index contributed by atoms with van der Waals surface area (Å²) in [5.41, 5.74) is 8.21. The summed E-state index contributed by atoms with van der Waals surface area (Å²) in [6.07, 6.45) is 5.32. The lowest BCUT2D eigenvalue weighted by Crippen LogP contribution is -2.01. The van der Waals surface area contributed by atoms with Crippen molar-refractivity contribution in [1.82, 2.24) is 9.55 Å². The first kappa shape index (κ1) is 10.4. The highest BCUT2D eigenvalue weighted by Crippen LogP contribution is 2.27. The predicted molar refractivity (Wildman–Crippen MR) is 70.2 cm³/mol. The third kappa shape index (κ3) is 1.42. The Bertz CT molecular complexity index is 765. The van der Waals surface area contributed by atoms with Crippen LogP contribution in [0, 0.1) is 11.3 Å². The third-order valence-corrected chi connectivity index (χ3v) is 2.96. The molecule has 0 amide bonds. The van der Waals surface area contributed by atoms with Gasteiger partial charge in [-0.1, -0.05) is 6.07 Å². The summed E-state index contributed by atoms with van der Waals surface area (Å²) in [6.45, 7) is 0. The number of hydrogen-bond donors (Lipinski definition) is 1. The lowest BCUT2D eigenvalue weighted by molar-refractivity contribution is 1.06.